The summed E-state index contributed by atoms with van der Waals surface area (Å²) >= 11 is 1.78. The van der Waals surface area contributed by atoms with Crippen molar-refractivity contribution in [2.45, 2.75) is 45.8 Å². The lowest BCUT2D eigenvalue weighted by atomic mass is 9.93. The average Bonchev–Trinajstić information content (AvgIpc) is 2.99. The summed E-state index contributed by atoms with van der Waals surface area (Å²) < 4.78 is 5.47. The van der Waals surface area contributed by atoms with Crippen LogP contribution in [0.2, 0.25) is 0 Å². The molecule has 0 aromatic carbocycles. The van der Waals surface area contributed by atoms with Crippen LogP contribution in [0.15, 0.2) is 11.4 Å². The molecule has 2 rings (SSSR count). The number of nitrogens with zero attached hydrogens (tertiary/aromatic N) is 1. The molecule has 1 aliphatic rings. The summed E-state index contributed by atoms with van der Waals surface area (Å²) in [5.41, 5.74) is 0.931. The van der Waals surface area contributed by atoms with Gasteiger partial charge in [0.15, 0.2) is 0 Å². The van der Waals surface area contributed by atoms with E-state index in [1.165, 1.54) is 10.4 Å². The predicted molar refractivity (Wildman–Crippen MR) is 86.8 cm³/mol. The SMILES string of the molecule is CNC(c1ccsc1C)C1CCN(C(=O)OC(C)(C)C)C1. The van der Waals surface area contributed by atoms with Gasteiger partial charge in [-0.1, -0.05) is 0 Å². The standard InChI is InChI=1S/C16H26N2O2S/c1-11-13(7-9-21-11)14(17-5)12-6-8-18(10-12)15(19)20-16(2,3)4/h7,9,12,14,17H,6,8,10H2,1-5H3. The number of nitrogens with one attached hydrogen (secondary N) is 1. The van der Waals surface area contributed by atoms with E-state index in [0.29, 0.717) is 12.0 Å². The molecule has 0 aliphatic carbocycles. The highest BCUT2D eigenvalue weighted by Gasteiger charge is 2.34. The Morgan fingerprint density at radius 2 is 2.24 bits per heavy atom. The fourth-order valence-electron chi connectivity index (χ4n) is 2.91. The van der Waals surface area contributed by atoms with Crippen molar-refractivity contribution in [1.82, 2.24) is 10.2 Å². The summed E-state index contributed by atoms with van der Waals surface area (Å²) in [6, 6.07) is 2.50. The molecule has 0 radical (unpaired) electrons. The minimum absolute atomic E-state index is 0.193. The molecule has 0 spiro atoms. The van der Waals surface area contributed by atoms with Crippen molar-refractivity contribution in [2.75, 3.05) is 20.1 Å². The molecule has 0 bridgehead atoms. The van der Waals surface area contributed by atoms with Crippen molar-refractivity contribution in [2.24, 2.45) is 5.92 Å². The lowest BCUT2D eigenvalue weighted by Gasteiger charge is -2.26. The van der Waals surface area contributed by atoms with Crippen LogP contribution in [0.25, 0.3) is 0 Å². The molecule has 2 atom stereocenters. The topological polar surface area (TPSA) is 41.6 Å². The molecule has 4 nitrogen and oxygen atoms in total. The van der Waals surface area contributed by atoms with E-state index in [0.717, 1.165) is 19.5 Å². The number of hydrogen-bond acceptors (Lipinski definition) is 4. The van der Waals surface area contributed by atoms with Gasteiger partial charge in [-0.15, -0.1) is 11.3 Å². The van der Waals surface area contributed by atoms with E-state index < -0.39 is 5.60 Å². The highest BCUT2D eigenvalue weighted by molar-refractivity contribution is 7.10. The number of carbonyl (C=O) groups is 1. The zero-order chi connectivity index (χ0) is 15.6. The summed E-state index contributed by atoms with van der Waals surface area (Å²) in [5, 5.41) is 5.56. The molecule has 0 saturated carbocycles. The molecule has 5 heteroatoms. The first kappa shape index (κ1) is 16.3. The van der Waals surface area contributed by atoms with Gasteiger partial charge >= 0.3 is 6.09 Å². The largest absolute Gasteiger partial charge is 0.444 e. The zero-order valence-corrected chi connectivity index (χ0v) is 14.4. The Kier molecular flexibility index (Phi) is 4.94. The first-order chi connectivity index (χ1) is 9.81. The van der Waals surface area contributed by atoms with Crippen molar-refractivity contribution in [3.8, 4) is 0 Å². The molecule has 118 valence electrons. The molecule has 2 unspecified atom stereocenters. The maximum atomic E-state index is 12.2. The maximum Gasteiger partial charge on any atom is 0.410 e. The van der Waals surface area contributed by atoms with Gasteiger partial charge < -0.3 is 15.0 Å². The van der Waals surface area contributed by atoms with E-state index in [2.05, 4.69) is 23.7 Å². The van der Waals surface area contributed by atoms with Gasteiger partial charge in [-0.25, -0.2) is 4.79 Å². The molecule has 21 heavy (non-hydrogen) atoms. The van der Waals surface area contributed by atoms with Crippen LogP contribution in [0.3, 0.4) is 0 Å². The van der Waals surface area contributed by atoms with E-state index >= 15 is 0 Å². The third-order valence-electron chi connectivity index (χ3n) is 3.89. The third-order valence-corrected chi connectivity index (χ3v) is 4.75. The number of aryl methyl sites for hydroxylation is 1. The number of carbonyl (C=O) groups excluding carboxylic acids is 1. The summed E-state index contributed by atoms with van der Waals surface area (Å²) in [6.07, 6.45) is 0.821. The quantitative estimate of drug-likeness (QED) is 0.928. The Labute approximate surface area is 131 Å². The number of likely N-dealkylation sites (tertiary alicyclic amines) is 1. The summed E-state index contributed by atoms with van der Waals surface area (Å²) in [7, 11) is 2.00. The summed E-state index contributed by atoms with van der Waals surface area (Å²) in [5.74, 6) is 0.441. The van der Waals surface area contributed by atoms with Crippen molar-refractivity contribution < 1.29 is 9.53 Å². The van der Waals surface area contributed by atoms with Crippen LogP contribution in [-0.4, -0.2) is 36.7 Å². The molecular formula is C16H26N2O2S. The Hall–Kier alpha value is -1.07. The van der Waals surface area contributed by atoms with Crippen LogP contribution in [0.4, 0.5) is 4.79 Å². The van der Waals surface area contributed by atoms with Crippen LogP contribution in [-0.2, 0) is 4.74 Å². The number of amides is 1. The average molecular weight is 310 g/mol. The van der Waals surface area contributed by atoms with Gasteiger partial charge in [-0.2, -0.15) is 0 Å². The molecule has 1 saturated heterocycles. The minimum Gasteiger partial charge on any atom is -0.444 e. The molecule has 1 amide bonds. The Morgan fingerprint density at radius 1 is 1.52 bits per heavy atom. The monoisotopic (exact) mass is 310 g/mol. The van der Waals surface area contributed by atoms with Gasteiger partial charge in [-0.05, 0) is 64.1 Å². The molecule has 2 heterocycles. The van der Waals surface area contributed by atoms with Crippen LogP contribution >= 0.6 is 11.3 Å². The first-order valence-corrected chi connectivity index (χ1v) is 8.39. The first-order valence-electron chi connectivity index (χ1n) is 7.51. The van der Waals surface area contributed by atoms with Gasteiger partial charge in [-0.3, -0.25) is 0 Å². The Morgan fingerprint density at radius 3 is 2.76 bits per heavy atom. The minimum atomic E-state index is -0.429. The van der Waals surface area contributed by atoms with Crippen LogP contribution in [0.1, 0.15) is 43.7 Å². The van der Waals surface area contributed by atoms with Gasteiger partial charge in [0, 0.05) is 24.0 Å². The van der Waals surface area contributed by atoms with Crippen molar-refractivity contribution >= 4 is 17.4 Å². The van der Waals surface area contributed by atoms with Crippen LogP contribution in [0, 0.1) is 12.8 Å². The zero-order valence-electron chi connectivity index (χ0n) is 13.6. The number of hydrogen-bond donors (Lipinski definition) is 1. The van der Waals surface area contributed by atoms with Gasteiger partial charge in [0.1, 0.15) is 5.60 Å². The summed E-state index contributed by atoms with van der Waals surface area (Å²) in [4.78, 5) is 15.3. The van der Waals surface area contributed by atoms with Crippen LogP contribution in [0.5, 0.6) is 0 Å². The molecular weight excluding hydrogens is 284 g/mol. The van der Waals surface area contributed by atoms with E-state index in [4.69, 9.17) is 4.74 Å². The fourth-order valence-corrected chi connectivity index (χ4v) is 3.66. The van der Waals surface area contributed by atoms with E-state index in [9.17, 15) is 4.79 Å². The molecule has 1 fully saturated rings. The second kappa shape index (κ2) is 6.36. The molecule has 1 aromatic heterocycles. The fraction of sp³-hybridized carbons (Fsp3) is 0.688. The highest BCUT2D eigenvalue weighted by Crippen LogP contribution is 2.33. The van der Waals surface area contributed by atoms with E-state index in [-0.39, 0.29) is 6.09 Å². The smallest absolute Gasteiger partial charge is 0.410 e. The maximum absolute atomic E-state index is 12.2. The number of ether oxygens (including phenoxy) is 1. The van der Waals surface area contributed by atoms with Crippen molar-refractivity contribution in [1.29, 1.82) is 0 Å². The predicted octanol–water partition coefficient (Wildman–Crippen LogP) is 3.57. The molecule has 1 aliphatic heterocycles. The number of thiophene rings is 1. The second-order valence-corrected chi connectivity index (χ2v) is 7.79. The van der Waals surface area contributed by atoms with Crippen molar-refractivity contribution in [3.05, 3.63) is 21.9 Å². The normalized spacial score (nSPS) is 20.6. The number of rotatable bonds is 3. The van der Waals surface area contributed by atoms with Crippen molar-refractivity contribution in [3.63, 3.8) is 0 Å². The lowest BCUT2D eigenvalue weighted by molar-refractivity contribution is 0.0285. The van der Waals surface area contributed by atoms with Gasteiger partial charge in [0.05, 0.1) is 0 Å². The lowest BCUT2D eigenvalue weighted by Crippen LogP contribution is -2.36. The highest BCUT2D eigenvalue weighted by atomic mass is 32.1. The molecule has 1 aromatic rings. The van der Waals surface area contributed by atoms with Gasteiger partial charge in [0.25, 0.3) is 0 Å². The van der Waals surface area contributed by atoms with E-state index in [1.54, 1.807) is 11.3 Å². The summed E-state index contributed by atoms with van der Waals surface area (Å²) in [6.45, 7) is 9.41. The second-order valence-electron chi connectivity index (χ2n) is 6.67. The van der Waals surface area contributed by atoms with Gasteiger partial charge in [0.2, 0.25) is 0 Å². The molecule has 1 N–H and O–H groups in total. The Bertz CT molecular complexity index is 493. The van der Waals surface area contributed by atoms with Crippen LogP contribution < -0.4 is 5.32 Å². The van der Waals surface area contributed by atoms with E-state index in [1.807, 2.05) is 32.7 Å². The Balaban J connectivity index is 2.01. The third kappa shape index (κ3) is 3.98.